The lowest BCUT2D eigenvalue weighted by molar-refractivity contribution is -0.120. The van der Waals surface area contributed by atoms with Gasteiger partial charge in [-0.25, -0.2) is 0 Å². The Labute approximate surface area is 108 Å². The van der Waals surface area contributed by atoms with E-state index < -0.39 is 0 Å². The van der Waals surface area contributed by atoms with Gasteiger partial charge in [0.15, 0.2) is 0 Å². The Balaban J connectivity index is 3.62. The third-order valence-corrected chi connectivity index (χ3v) is 3.14. The first-order valence-electron chi connectivity index (χ1n) is 5.87. The monoisotopic (exact) mass is 254 g/mol. The van der Waals surface area contributed by atoms with Crippen LogP contribution in [0.25, 0.3) is 0 Å². The highest BCUT2D eigenvalue weighted by Gasteiger charge is 2.02. The third-order valence-electron chi connectivity index (χ3n) is 2.07. The Bertz CT molecular complexity index is 275. The molecule has 0 heterocycles. The molecule has 0 bridgehead atoms. The summed E-state index contributed by atoms with van der Waals surface area (Å²) in [6, 6.07) is 0. The lowest BCUT2D eigenvalue weighted by Crippen LogP contribution is -2.25. The molecule has 0 aromatic carbocycles. The minimum atomic E-state index is -0.0124. The van der Waals surface area contributed by atoms with Gasteiger partial charge in [-0.3, -0.25) is 9.79 Å². The van der Waals surface area contributed by atoms with E-state index in [0.717, 1.165) is 5.75 Å². The van der Waals surface area contributed by atoms with Crippen molar-refractivity contribution in [3.63, 3.8) is 0 Å². The molecule has 0 aliphatic carbocycles. The highest BCUT2D eigenvalue weighted by atomic mass is 32.2. The first-order chi connectivity index (χ1) is 8.24. The molecule has 0 aromatic heterocycles. The molecule has 0 radical (unpaired) electrons. The number of rotatable bonds is 10. The number of nitrogens with zero attached hydrogens (tertiary/aromatic N) is 1. The summed E-state index contributed by atoms with van der Waals surface area (Å²) in [6.07, 6.45) is 6.04. The summed E-state index contributed by atoms with van der Waals surface area (Å²) in [5.41, 5.74) is 0.649. The number of aliphatic imine (C=N–C) groups is 1. The molecule has 0 unspecified atom stereocenters. The molecule has 0 aliphatic rings. The van der Waals surface area contributed by atoms with Crippen LogP contribution in [0.2, 0.25) is 0 Å². The molecule has 0 rings (SSSR count). The van der Waals surface area contributed by atoms with Crippen molar-refractivity contribution in [3.05, 3.63) is 24.4 Å². The van der Waals surface area contributed by atoms with Crippen LogP contribution in [0.1, 0.15) is 26.2 Å². The lowest BCUT2D eigenvalue weighted by atomic mass is 10.3. The van der Waals surface area contributed by atoms with Gasteiger partial charge in [0.05, 0.1) is 6.42 Å². The van der Waals surface area contributed by atoms with Crippen LogP contribution >= 0.6 is 11.8 Å². The van der Waals surface area contributed by atoms with Crippen molar-refractivity contribution in [1.82, 2.24) is 5.32 Å². The number of unbranched alkanes of at least 4 members (excludes halogenated alkanes) is 1. The molecule has 3 nitrogen and oxygen atoms in total. The molecule has 1 amide bonds. The number of hydrogen-bond acceptors (Lipinski definition) is 3. The van der Waals surface area contributed by atoms with Gasteiger partial charge in [0.1, 0.15) is 0 Å². The summed E-state index contributed by atoms with van der Waals surface area (Å²) < 4.78 is 0. The second kappa shape index (κ2) is 11.5. The Hall–Kier alpha value is -1.03. The predicted molar refractivity (Wildman–Crippen MR) is 77.7 cm³/mol. The molecule has 0 aromatic rings. The van der Waals surface area contributed by atoms with Gasteiger partial charge in [0.2, 0.25) is 5.91 Å². The topological polar surface area (TPSA) is 41.5 Å². The molecule has 0 fully saturated rings. The minimum Gasteiger partial charge on any atom is -0.355 e. The van der Waals surface area contributed by atoms with Crippen molar-refractivity contribution in [2.75, 3.05) is 18.1 Å². The molecular formula is C13H22N2OS. The largest absolute Gasteiger partial charge is 0.355 e. The van der Waals surface area contributed by atoms with Crippen LogP contribution in [0.15, 0.2) is 29.4 Å². The molecule has 0 saturated heterocycles. The summed E-state index contributed by atoms with van der Waals surface area (Å²) in [5.74, 6) is 2.12. The maximum absolute atomic E-state index is 11.5. The number of allylic oxidation sites excluding steroid dienone is 2. The summed E-state index contributed by atoms with van der Waals surface area (Å²) in [4.78, 5) is 15.3. The molecular weight excluding hydrogens is 232 g/mol. The second-order valence-electron chi connectivity index (χ2n) is 3.54. The van der Waals surface area contributed by atoms with Gasteiger partial charge in [0.25, 0.3) is 0 Å². The maximum atomic E-state index is 11.5. The van der Waals surface area contributed by atoms with Crippen molar-refractivity contribution in [2.45, 2.75) is 26.2 Å². The van der Waals surface area contributed by atoms with Crippen LogP contribution in [0.3, 0.4) is 0 Å². The molecule has 0 saturated carbocycles. The quantitative estimate of drug-likeness (QED) is 0.370. The first kappa shape index (κ1) is 16.0. The summed E-state index contributed by atoms with van der Waals surface area (Å²) in [5, 5.41) is 2.86. The van der Waals surface area contributed by atoms with Crippen molar-refractivity contribution in [2.24, 2.45) is 4.99 Å². The van der Waals surface area contributed by atoms with Crippen LogP contribution in [0, 0.1) is 0 Å². The lowest BCUT2D eigenvalue weighted by Gasteiger charge is -2.05. The number of thioether (sulfide) groups is 1. The zero-order valence-electron chi connectivity index (χ0n) is 10.6. The number of carbonyl (C=O) groups excluding carboxylic acids is 1. The normalized spacial score (nSPS) is 11.0. The number of amides is 1. The maximum Gasteiger partial charge on any atom is 0.226 e. The SMILES string of the molecule is C=C/C=C(/CC(=O)NCCSCCCC)N=C. The van der Waals surface area contributed by atoms with E-state index in [4.69, 9.17) is 0 Å². The molecule has 17 heavy (non-hydrogen) atoms. The molecule has 0 spiro atoms. The predicted octanol–water partition coefficient (Wildman–Crippen LogP) is 2.80. The van der Waals surface area contributed by atoms with Gasteiger partial charge in [-0.1, -0.05) is 26.0 Å². The van der Waals surface area contributed by atoms with E-state index in [2.05, 4.69) is 30.5 Å². The number of nitrogens with one attached hydrogen (secondary N) is 1. The second-order valence-corrected chi connectivity index (χ2v) is 4.77. The van der Waals surface area contributed by atoms with E-state index in [-0.39, 0.29) is 12.3 Å². The summed E-state index contributed by atoms with van der Waals surface area (Å²) in [7, 11) is 0. The van der Waals surface area contributed by atoms with Crippen LogP contribution in [0.5, 0.6) is 0 Å². The fraction of sp³-hybridized carbons (Fsp3) is 0.538. The highest BCUT2D eigenvalue weighted by Crippen LogP contribution is 2.04. The van der Waals surface area contributed by atoms with E-state index in [9.17, 15) is 4.79 Å². The smallest absolute Gasteiger partial charge is 0.226 e. The van der Waals surface area contributed by atoms with Crippen molar-refractivity contribution in [3.8, 4) is 0 Å². The van der Waals surface area contributed by atoms with Crippen molar-refractivity contribution >= 4 is 24.4 Å². The molecule has 1 N–H and O–H groups in total. The Kier molecular flexibility index (Phi) is 10.8. The van der Waals surface area contributed by atoms with Gasteiger partial charge in [-0.05, 0) is 25.0 Å². The average molecular weight is 254 g/mol. The van der Waals surface area contributed by atoms with E-state index in [1.54, 1.807) is 12.2 Å². The molecule has 96 valence electrons. The summed E-state index contributed by atoms with van der Waals surface area (Å²) >= 11 is 1.87. The number of carbonyl (C=O) groups is 1. The van der Waals surface area contributed by atoms with Crippen molar-refractivity contribution < 1.29 is 4.79 Å². The Morgan fingerprint density at radius 2 is 2.24 bits per heavy atom. The van der Waals surface area contributed by atoms with Gasteiger partial charge in [-0.2, -0.15) is 11.8 Å². The standard InChI is InChI=1S/C13H22N2OS/c1-4-6-9-17-10-8-15-13(16)11-12(14-3)7-5-2/h5,7H,2-4,6,8-11H2,1H3,(H,15,16)/b12-7-. The first-order valence-corrected chi connectivity index (χ1v) is 7.02. The van der Waals surface area contributed by atoms with E-state index in [1.165, 1.54) is 18.6 Å². The molecule has 0 atom stereocenters. The van der Waals surface area contributed by atoms with Crippen LogP contribution in [-0.2, 0) is 4.79 Å². The Morgan fingerprint density at radius 3 is 2.82 bits per heavy atom. The van der Waals surface area contributed by atoms with E-state index >= 15 is 0 Å². The molecule has 4 heteroatoms. The average Bonchev–Trinajstić information content (AvgIpc) is 2.33. The van der Waals surface area contributed by atoms with E-state index in [1.807, 2.05) is 11.8 Å². The fourth-order valence-electron chi connectivity index (χ4n) is 1.14. The van der Waals surface area contributed by atoms with Crippen molar-refractivity contribution in [1.29, 1.82) is 0 Å². The number of hydrogen-bond donors (Lipinski definition) is 1. The fourth-order valence-corrected chi connectivity index (χ4v) is 2.08. The summed E-state index contributed by atoms with van der Waals surface area (Å²) in [6.45, 7) is 9.87. The zero-order chi connectivity index (χ0) is 12.9. The van der Waals surface area contributed by atoms with Crippen LogP contribution in [-0.4, -0.2) is 30.7 Å². The third kappa shape index (κ3) is 9.87. The molecule has 0 aliphatic heterocycles. The Morgan fingerprint density at radius 1 is 1.47 bits per heavy atom. The van der Waals surface area contributed by atoms with E-state index in [0.29, 0.717) is 12.2 Å². The van der Waals surface area contributed by atoms with Crippen LogP contribution in [0.4, 0.5) is 0 Å². The van der Waals surface area contributed by atoms with Gasteiger partial charge >= 0.3 is 0 Å². The van der Waals surface area contributed by atoms with Gasteiger partial charge < -0.3 is 5.32 Å². The van der Waals surface area contributed by atoms with Gasteiger partial charge in [-0.15, -0.1) is 0 Å². The minimum absolute atomic E-state index is 0.0124. The highest BCUT2D eigenvalue weighted by molar-refractivity contribution is 7.99. The van der Waals surface area contributed by atoms with Gasteiger partial charge in [0, 0.05) is 18.0 Å². The zero-order valence-corrected chi connectivity index (χ0v) is 11.4. The van der Waals surface area contributed by atoms with Crippen LogP contribution < -0.4 is 5.32 Å².